The minimum absolute atomic E-state index is 0.135. The van der Waals surface area contributed by atoms with Gasteiger partial charge in [-0.1, -0.05) is 23.7 Å². The van der Waals surface area contributed by atoms with Gasteiger partial charge < -0.3 is 9.84 Å². The highest BCUT2D eigenvalue weighted by atomic mass is 35.5. The molecule has 0 aliphatic carbocycles. The summed E-state index contributed by atoms with van der Waals surface area (Å²) in [6.07, 6.45) is 1.39. The maximum Gasteiger partial charge on any atom is 0.335 e. The summed E-state index contributed by atoms with van der Waals surface area (Å²) >= 11 is 6.13. The summed E-state index contributed by atoms with van der Waals surface area (Å²) in [5, 5.41) is 9.91. The Balaban J connectivity index is 1.58. The third kappa shape index (κ3) is 4.41. The lowest BCUT2D eigenvalue weighted by molar-refractivity contribution is 0.0697. The van der Waals surface area contributed by atoms with Crippen molar-refractivity contribution in [1.82, 2.24) is 9.55 Å². The summed E-state index contributed by atoms with van der Waals surface area (Å²) in [7, 11) is 0. The summed E-state index contributed by atoms with van der Waals surface area (Å²) in [4.78, 5) is 28.1. The Morgan fingerprint density at radius 3 is 2.77 bits per heavy atom. The summed E-state index contributed by atoms with van der Waals surface area (Å²) in [5.41, 5.74) is 1.46. The zero-order chi connectivity index (χ0) is 22.0. The number of hydrogen-bond acceptors (Lipinski definition) is 4. The lowest BCUT2D eigenvalue weighted by atomic mass is 10.0. The number of benzene rings is 3. The van der Waals surface area contributed by atoms with Crippen molar-refractivity contribution >= 4 is 28.5 Å². The number of hydrogen-bond donors (Lipinski definition) is 1. The van der Waals surface area contributed by atoms with Gasteiger partial charge in [0.2, 0.25) is 0 Å². The minimum Gasteiger partial charge on any atom is -0.491 e. The molecule has 1 N–H and O–H groups in total. The monoisotopic (exact) mass is 438 g/mol. The van der Waals surface area contributed by atoms with E-state index < -0.39 is 11.8 Å². The van der Waals surface area contributed by atoms with Crippen molar-refractivity contribution < 1.29 is 19.0 Å². The largest absolute Gasteiger partial charge is 0.491 e. The highest BCUT2D eigenvalue weighted by Gasteiger charge is 2.11. The molecule has 0 bridgehead atoms. The predicted molar refractivity (Wildman–Crippen MR) is 115 cm³/mol. The van der Waals surface area contributed by atoms with Gasteiger partial charge in [0.25, 0.3) is 5.56 Å². The molecule has 31 heavy (non-hydrogen) atoms. The highest BCUT2D eigenvalue weighted by Crippen LogP contribution is 2.33. The van der Waals surface area contributed by atoms with Crippen LogP contribution in [0.3, 0.4) is 0 Å². The summed E-state index contributed by atoms with van der Waals surface area (Å²) in [6, 6.07) is 15.3. The number of halogens is 2. The Bertz CT molecular complexity index is 1350. The Morgan fingerprint density at radius 1 is 1.13 bits per heavy atom. The van der Waals surface area contributed by atoms with Gasteiger partial charge in [-0.3, -0.25) is 9.36 Å². The Kier molecular flexibility index (Phi) is 5.68. The van der Waals surface area contributed by atoms with Gasteiger partial charge in [-0.15, -0.1) is 0 Å². The summed E-state index contributed by atoms with van der Waals surface area (Å²) < 4.78 is 20.7. The van der Waals surface area contributed by atoms with Crippen molar-refractivity contribution in [3.8, 4) is 16.9 Å². The molecule has 8 heteroatoms. The van der Waals surface area contributed by atoms with E-state index in [1.54, 1.807) is 30.3 Å². The standard InChI is InChI=1S/C23H16ClFN2O4/c24-16-4-7-21(18(11-16)14-2-1-3-15(10-14)23(29)30)31-9-8-27-13-26-20-6-5-17(25)12-19(20)22(27)28/h1-7,10-13H,8-9H2,(H,29,30). The molecule has 0 saturated heterocycles. The molecule has 0 saturated carbocycles. The molecule has 0 amide bonds. The topological polar surface area (TPSA) is 81.4 Å². The molecule has 1 heterocycles. The lowest BCUT2D eigenvalue weighted by Crippen LogP contribution is -2.23. The Labute approximate surface area is 181 Å². The van der Waals surface area contributed by atoms with Gasteiger partial charge in [0, 0.05) is 10.6 Å². The Hall–Kier alpha value is -3.71. The number of rotatable bonds is 6. The average molecular weight is 439 g/mol. The van der Waals surface area contributed by atoms with Crippen LogP contribution in [0.15, 0.2) is 71.8 Å². The van der Waals surface area contributed by atoms with Gasteiger partial charge in [0.05, 0.1) is 29.3 Å². The fraction of sp³-hybridized carbons (Fsp3) is 0.0870. The van der Waals surface area contributed by atoms with Crippen LogP contribution >= 0.6 is 11.6 Å². The van der Waals surface area contributed by atoms with Crippen LogP contribution in [0.4, 0.5) is 4.39 Å². The van der Waals surface area contributed by atoms with E-state index in [2.05, 4.69) is 4.98 Å². The minimum atomic E-state index is -1.04. The molecule has 6 nitrogen and oxygen atoms in total. The van der Waals surface area contributed by atoms with Crippen LogP contribution in [-0.4, -0.2) is 27.2 Å². The van der Waals surface area contributed by atoms with Crippen LogP contribution < -0.4 is 10.3 Å². The zero-order valence-corrected chi connectivity index (χ0v) is 16.8. The SMILES string of the molecule is O=C(O)c1cccc(-c2cc(Cl)ccc2OCCn2cnc3ccc(F)cc3c2=O)c1. The average Bonchev–Trinajstić information content (AvgIpc) is 2.76. The van der Waals surface area contributed by atoms with Gasteiger partial charge in [0.15, 0.2) is 0 Å². The number of nitrogens with zero attached hydrogens (tertiary/aromatic N) is 2. The van der Waals surface area contributed by atoms with Crippen molar-refractivity contribution in [3.63, 3.8) is 0 Å². The van der Waals surface area contributed by atoms with Crippen LogP contribution in [0.1, 0.15) is 10.4 Å². The van der Waals surface area contributed by atoms with Gasteiger partial charge in [-0.25, -0.2) is 14.2 Å². The van der Waals surface area contributed by atoms with Gasteiger partial charge in [-0.05, 0) is 54.1 Å². The summed E-state index contributed by atoms with van der Waals surface area (Å²) in [5.74, 6) is -1.06. The number of aromatic nitrogens is 2. The molecule has 3 aromatic carbocycles. The summed E-state index contributed by atoms with van der Waals surface area (Å²) in [6.45, 7) is 0.325. The van der Waals surface area contributed by atoms with Crippen LogP contribution in [0, 0.1) is 5.82 Å². The number of carbonyl (C=O) groups is 1. The first-order valence-corrected chi connectivity index (χ1v) is 9.71. The van der Waals surface area contributed by atoms with Crippen LogP contribution in [-0.2, 0) is 6.54 Å². The van der Waals surface area contributed by atoms with Crippen molar-refractivity contribution in [1.29, 1.82) is 0 Å². The molecule has 0 atom stereocenters. The molecule has 1 aromatic heterocycles. The molecule has 0 radical (unpaired) electrons. The molecule has 4 aromatic rings. The highest BCUT2D eigenvalue weighted by molar-refractivity contribution is 6.31. The van der Waals surface area contributed by atoms with E-state index in [-0.39, 0.29) is 29.7 Å². The molecule has 0 spiro atoms. The van der Waals surface area contributed by atoms with E-state index in [0.29, 0.717) is 27.4 Å². The third-order valence-electron chi connectivity index (χ3n) is 4.74. The van der Waals surface area contributed by atoms with Crippen LogP contribution in [0.5, 0.6) is 5.75 Å². The van der Waals surface area contributed by atoms with E-state index in [0.717, 1.165) is 6.07 Å². The maximum absolute atomic E-state index is 13.5. The van der Waals surface area contributed by atoms with E-state index in [1.807, 2.05) is 0 Å². The normalized spacial score (nSPS) is 10.9. The molecular formula is C23H16ClFN2O4. The zero-order valence-electron chi connectivity index (χ0n) is 16.1. The van der Waals surface area contributed by atoms with E-state index >= 15 is 0 Å². The fourth-order valence-corrected chi connectivity index (χ4v) is 3.39. The number of ether oxygens (including phenoxy) is 1. The molecule has 0 aliphatic rings. The van der Waals surface area contributed by atoms with E-state index in [1.165, 1.54) is 35.2 Å². The molecule has 0 unspecified atom stereocenters. The van der Waals surface area contributed by atoms with Crippen molar-refractivity contribution in [2.24, 2.45) is 0 Å². The fourth-order valence-electron chi connectivity index (χ4n) is 3.22. The number of aromatic carboxylic acids is 1. The number of carboxylic acids is 1. The van der Waals surface area contributed by atoms with Gasteiger partial charge >= 0.3 is 5.97 Å². The molecule has 0 fully saturated rings. The number of fused-ring (bicyclic) bond motifs is 1. The number of carboxylic acid groups (broad SMARTS) is 1. The van der Waals surface area contributed by atoms with Crippen LogP contribution in [0.2, 0.25) is 5.02 Å². The maximum atomic E-state index is 13.5. The van der Waals surface area contributed by atoms with E-state index in [9.17, 15) is 19.1 Å². The first-order valence-electron chi connectivity index (χ1n) is 9.33. The third-order valence-corrected chi connectivity index (χ3v) is 4.97. The first kappa shape index (κ1) is 20.6. The second kappa shape index (κ2) is 8.57. The second-order valence-electron chi connectivity index (χ2n) is 6.78. The second-order valence-corrected chi connectivity index (χ2v) is 7.22. The van der Waals surface area contributed by atoms with Crippen molar-refractivity contribution in [3.05, 3.63) is 93.7 Å². The van der Waals surface area contributed by atoms with E-state index in [4.69, 9.17) is 16.3 Å². The molecule has 156 valence electrons. The lowest BCUT2D eigenvalue weighted by Gasteiger charge is -2.13. The molecular weight excluding hydrogens is 423 g/mol. The molecule has 4 rings (SSSR count). The van der Waals surface area contributed by atoms with Crippen molar-refractivity contribution in [2.45, 2.75) is 6.54 Å². The quantitative estimate of drug-likeness (QED) is 0.474. The van der Waals surface area contributed by atoms with Crippen LogP contribution in [0.25, 0.3) is 22.0 Å². The molecule has 0 aliphatic heterocycles. The van der Waals surface area contributed by atoms with Gasteiger partial charge in [0.1, 0.15) is 18.2 Å². The predicted octanol–water partition coefficient (Wildman–Crippen LogP) is 4.63. The Morgan fingerprint density at radius 2 is 1.97 bits per heavy atom. The van der Waals surface area contributed by atoms with Crippen molar-refractivity contribution in [2.75, 3.05) is 6.61 Å². The smallest absolute Gasteiger partial charge is 0.335 e. The first-order chi connectivity index (χ1) is 14.9. The van der Waals surface area contributed by atoms with Gasteiger partial charge in [-0.2, -0.15) is 0 Å².